The number of ether oxygens (including phenoxy) is 1. The molecule has 4 atom stereocenters. The molecule has 0 bridgehead atoms. The van der Waals surface area contributed by atoms with Gasteiger partial charge in [-0.15, -0.1) is 0 Å². The van der Waals surface area contributed by atoms with E-state index in [0.717, 1.165) is 44.5 Å². The summed E-state index contributed by atoms with van der Waals surface area (Å²) < 4.78 is 5.79. The third kappa shape index (κ3) is 5.52. The maximum Gasteiger partial charge on any atom is 0.255 e. The Hall–Kier alpha value is -1.93. The topological polar surface area (TPSA) is 90.6 Å². The fraction of sp³-hybridized carbons (Fsp3) is 0.792. The number of amides is 2. The van der Waals surface area contributed by atoms with Crippen molar-refractivity contribution in [2.45, 2.75) is 83.0 Å². The number of likely N-dealkylation sites (tertiary alicyclic amines) is 1. The first kappa shape index (κ1) is 23.2. The van der Waals surface area contributed by atoms with Gasteiger partial charge in [0.1, 0.15) is 0 Å². The molecule has 3 aliphatic rings. The number of carbonyl (C=O) groups is 2. The van der Waals surface area contributed by atoms with Crippen molar-refractivity contribution in [2.24, 2.45) is 5.92 Å². The third-order valence-electron chi connectivity index (χ3n) is 7.27. The summed E-state index contributed by atoms with van der Waals surface area (Å²) in [6.07, 6.45) is 9.37. The maximum absolute atomic E-state index is 13.2. The Kier molecular flexibility index (Phi) is 7.51. The number of nitrogens with zero attached hydrogens (tertiary/aromatic N) is 3. The second-order valence-electron chi connectivity index (χ2n) is 10.2. The van der Waals surface area contributed by atoms with Crippen molar-refractivity contribution in [3.63, 3.8) is 0 Å². The monoisotopic (exact) mass is 445 g/mol. The van der Waals surface area contributed by atoms with Crippen LogP contribution in [-0.4, -0.2) is 83.3 Å². The summed E-state index contributed by atoms with van der Waals surface area (Å²) in [4.78, 5) is 30.5. The van der Waals surface area contributed by atoms with Crippen LogP contribution in [0.3, 0.4) is 0 Å². The maximum atomic E-state index is 13.2. The Morgan fingerprint density at radius 3 is 2.47 bits per heavy atom. The minimum absolute atomic E-state index is 0.0296. The van der Waals surface area contributed by atoms with Crippen LogP contribution in [0.15, 0.2) is 6.20 Å². The molecule has 0 spiro atoms. The molecule has 0 radical (unpaired) electrons. The van der Waals surface area contributed by atoms with E-state index in [0.29, 0.717) is 24.6 Å². The largest absolute Gasteiger partial charge is 0.372 e. The Morgan fingerprint density at radius 2 is 1.75 bits per heavy atom. The van der Waals surface area contributed by atoms with Gasteiger partial charge < -0.3 is 19.9 Å². The minimum atomic E-state index is -0.0432. The quantitative estimate of drug-likeness (QED) is 0.743. The SMILES string of the molecule is C[C@@H]1CN(C(=O)[C@@H]2CC[C@H](NC(=O)c3cn[nH]c3C3CCCCC3)CN(C)C2)C[C@H](C)O1. The lowest BCUT2D eigenvalue weighted by Crippen LogP contribution is -2.51. The molecular weight excluding hydrogens is 406 g/mol. The summed E-state index contributed by atoms with van der Waals surface area (Å²) in [7, 11) is 2.04. The number of aromatic amines is 1. The van der Waals surface area contributed by atoms with Crippen molar-refractivity contribution in [2.75, 3.05) is 33.2 Å². The second-order valence-corrected chi connectivity index (χ2v) is 10.2. The number of hydrogen-bond donors (Lipinski definition) is 2. The van der Waals surface area contributed by atoms with Gasteiger partial charge in [-0.2, -0.15) is 5.10 Å². The van der Waals surface area contributed by atoms with Gasteiger partial charge in [-0.3, -0.25) is 14.7 Å². The first-order chi connectivity index (χ1) is 15.4. The van der Waals surface area contributed by atoms with E-state index in [2.05, 4.69) is 20.4 Å². The lowest BCUT2D eigenvalue weighted by Gasteiger charge is -2.37. The molecular formula is C24H39N5O3. The van der Waals surface area contributed by atoms with Crippen molar-refractivity contribution >= 4 is 11.8 Å². The third-order valence-corrected chi connectivity index (χ3v) is 7.27. The van der Waals surface area contributed by atoms with Crippen LogP contribution < -0.4 is 5.32 Å². The lowest BCUT2D eigenvalue weighted by atomic mass is 9.85. The molecule has 2 saturated heterocycles. The van der Waals surface area contributed by atoms with Crippen molar-refractivity contribution in [3.05, 3.63) is 17.5 Å². The number of rotatable bonds is 4. The number of morpholine rings is 1. The van der Waals surface area contributed by atoms with E-state index >= 15 is 0 Å². The average molecular weight is 446 g/mol. The molecule has 2 N–H and O–H groups in total. The number of hydrogen-bond acceptors (Lipinski definition) is 5. The molecule has 2 aliphatic heterocycles. The van der Waals surface area contributed by atoms with Gasteiger partial charge in [0.15, 0.2) is 0 Å². The predicted octanol–water partition coefficient (Wildman–Crippen LogP) is 2.53. The summed E-state index contributed by atoms with van der Waals surface area (Å²) >= 11 is 0. The zero-order valence-electron chi connectivity index (χ0n) is 19.8. The van der Waals surface area contributed by atoms with Crippen LogP contribution >= 0.6 is 0 Å². The van der Waals surface area contributed by atoms with E-state index < -0.39 is 0 Å². The Balaban J connectivity index is 1.36. The van der Waals surface area contributed by atoms with Gasteiger partial charge in [0.25, 0.3) is 5.91 Å². The summed E-state index contributed by atoms with van der Waals surface area (Å²) in [5.74, 6) is 0.550. The average Bonchev–Trinajstić information content (AvgIpc) is 3.18. The summed E-state index contributed by atoms with van der Waals surface area (Å²) in [6.45, 7) is 6.85. The highest BCUT2D eigenvalue weighted by atomic mass is 16.5. The van der Waals surface area contributed by atoms with Gasteiger partial charge in [-0.1, -0.05) is 19.3 Å². The molecule has 0 unspecified atom stereocenters. The van der Waals surface area contributed by atoms with Crippen LogP contribution in [-0.2, 0) is 9.53 Å². The summed E-state index contributed by atoms with van der Waals surface area (Å²) in [6, 6.07) is 0.0296. The molecule has 8 nitrogen and oxygen atoms in total. The molecule has 1 aliphatic carbocycles. The number of aromatic nitrogens is 2. The standard InChI is InChI=1S/C24H39N5O3/c1-16-12-29(13-17(2)32-16)24(31)19-9-10-20(15-28(3)14-19)26-23(30)21-11-25-27-22(21)18-7-5-4-6-8-18/h11,16-20H,4-10,12-15H2,1-3H3,(H,25,27)(H,26,30)/t16-,17+,19-,20+/m1/s1. The normalized spacial score (nSPS) is 30.7. The van der Waals surface area contributed by atoms with Gasteiger partial charge >= 0.3 is 0 Å². The molecule has 2 amide bonds. The highest BCUT2D eigenvalue weighted by molar-refractivity contribution is 5.95. The van der Waals surface area contributed by atoms with Crippen molar-refractivity contribution < 1.29 is 14.3 Å². The zero-order valence-corrected chi connectivity index (χ0v) is 19.8. The van der Waals surface area contributed by atoms with Crippen LogP contribution in [0.2, 0.25) is 0 Å². The summed E-state index contributed by atoms with van der Waals surface area (Å²) in [5.41, 5.74) is 1.68. The molecule has 1 aromatic rings. The first-order valence-electron chi connectivity index (χ1n) is 12.4. The highest BCUT2D eigenvalue weighted by Crippen LogP contribution is 2.33. The Bertz CT molecular complexity index is 780. The van der Waals surface area contributed by atoms with Crippen LogP contribution in [0, 0.1) is 5.92 Å². The fourth-order valence-electron chi connectivity index (χ4n) is 5.79. The van der Waals surface area contributed by atoms with E-state index in [-0.39, 0.29) is 36.0 Å². The van der Waals surface area contributed by atoms with Crippen molar-refractivity contribution in [3.8, 4) is 0 Å². The summed E-state index contributed by atoms with van der Waals surface area (Å²) in [5, 5.41) is 10.5. The van der Waals surface area contributed by atoms with Gasteiger partial charge in [0.2, 0.25) is 5.91 Å². The number of H-pyrrole nitrogens is 1. The smallest absolute Gasteiger partial charge is 0.255 e. The Labute approximate surface area is 191 Å². The van der Waals surface area contributed by atoms with E-state index in [4.69, 9.17) is 4.74 Å². The van der Waals surface area contributed by atoms with Crippen molar-refractivity contribution in [1.29, 1.82) is 0 Å². The molecule has 178 valence electrons. The van der Waals surface area contributed by atoms with Crippen LogP contribution in [0.1, 0.15) is 80.8 Å². The number of nitrogens with one attached hydrogen (secondary N) is 2. The van der Waals surface area contributed by atoms with Gasteiger partial charge in [-0.25, -0.2) is 0 Å². The van der Waals surface area contributed by atoms with Gasteiger partial charge in [-0.05, 0) is 46.6 Å². The number of likely N-dealkylation sites (N-methyl/N-ethyl adjacent to an activating group) is 1. The van der Waals surface area contributed by atoms with Gasteiger partial charge in [0.05, 0.1) is 35.6 Å². The van der Waals surface area contributed by atoms with Gasteiger partial charge in [0, 0.05) is 38.1 Å². The first-order valence-corrected chi connectivity index (χ1v) is 12.4. The van der Waals surface area contributed by atoms with E-state index in [9.17, 15) is 9.59 Å². The second kappa shape index (κ2) is 10.3. The fourth-order valence-corrected chi connectivity index (χ4v) is 5.79. The van der Waals surface area contributed by atoms with Crippen LogP contribution in [0.4, 0.5) is 0 Å². The van der Waals surface area contributed by atoms with Crippen LogP contribution in [0.5, 0.6) is 0 Å². The Morgan fingerprint density at radius 1 is 1.03 bits per heavy atom. The molecule has 4 rings (SSSR count). The predicted molar refractivity (Wildman–Crippen MR) is 122 cm³/mol. The lowest BCUT2D eigenvalue weighted by molar-refractivity contribution is -0.148. The molecule has 3 heterocycles. The molecule has 0 aromatic carbocycles. The van der Waals surface area contributed by atoms with E-state index in [1.807, 2.05) is 25.8 Å². The van der Waals surface area contributed by atoms with E-state index in [1.165, 1.54) is 19.3 Å². The minimum Gasteiger partial charge on any atom is -0.372 e. The number of carbonyl (C=O) groups excluding carboxylic acids is 2. The molecule has 3 fully saturated rings. The molecule has 8 heteroatoms. The molecule has 32 heavy (non-hydrogen) atoms. The van der Waals surface area contributed by atoms with Crippen molar-refractivity contribution in [1.82, 2.24) is 25.3 Å². The molecule has 1 saturated carbocycles. The van der Waals surface area contributed by atoms with Crippen LogP contribution in [0.25, 0.3) is 0 Å². The highest BCUT2D eigenvalue weighted by Gasteiger charge is 2.34. The molecule has 1 aromatic heterocycles. The van der Waals surface area contributed by atoms with E-state index in [1.54, 1.807) is 6.20 Å². The zero-order chi connectivity index (χ0) is 22.7.